The van der Waals surface area contributed by atoms with Crippen molar-refractivity contribution in [3.8, 4) is 0 Å². The fraction of sp³-hybridized carbons (Fsp3) is 0.417. The van der Waals surface area contributed by atoms with Gasteiger partial charge < -0.3 is 10.8 Å². The van der Waals surface area contributed by atoms with Gasteiger partial charge in [0.15, 0.2) is 0 Å². The van der Waals surface area contributed by atoms with E-state index < -0.39 is 11.5 Å². The van der Waals surface area contributed by atoms with Crippen molar-refractivity contribution in [1.82, 2.24) is 0 Å². The summed E-state index contributed by atoms with van der Waals surface area (Å²) in [4.78, 5) is 11.3. The Balaban J connectivity index is 2.62. The molecular formula is C12H15NO2. The maximum absolute atomic E-state index is 11.3. The number of hydrogen-bond donors (Lipinski definition) is 2. The van der Waals surface area contributed by atoms with Crippen LogP contribution in [-0.4, -0.2) is 11.1 Å². The first kappa shape index (κ1) is 10.2. The monoisotopic (exact) mass is 205 g/mol. The quantitative estimate of drug-likeness (QED) is 0.729. The molecule has 0 aromatic heterocycles. The van der Waals surface area contributed by atoms with Crippen molar-refractivity contribution in [3.63, 3.8) is 0 Å². The van der Waals surface area contributed by atoms with Gasteiger partial charge in [0, 0.05) is 0 Å². The third-order valence-electron chi connectivity index (χ3n) is 3.37. The fourth-order valence-electron chi connectivity index (χ4n) is 2.34. The van der Waals surface area contributed by atoms with Crippen LogP contribution in [0.4, 0.5) is 0 Å². The van der Waals surface area contributed by atoms with Crippen LogP contribution in [0.2, 0.25) is 0 Å². The van der Waals surface area contributed by atoms with Crippen LogP contribution in [0.1, 0.15) is 23.6 Å². The van der Waals surface area contributed by atoms with Crippen LogP contribution in [0.3, 0.4) is 0 Å². The smallest absolute Gasteiger partial charge is 0.328 e. The minimum atomic E-state index is -1.21. The Morgan fingerprint density at radius 2 is 2.27 bits per heavy atom. The minimum Gasteiger partial charge on any atom is -0.480 e. The van der Waals surface area contributed by atoms with Crippen LogP contribution in [0, 0.1) is 12.8 Å². The van der Waals surface area contributed by atoms with Crippen LogP contribution in [-0.2, 0) is 16.8 Å². The number of nitrogens with two attached hydrogens (primary N) is 1. The van der Waals surface area contributed by atoms with E-state index in [9.17, 15) is 9.90 Å². The molecule has 0 heterocycles. The molecule has 1 aliphatic rings. The third-order valence-corrected chi connectivity index (χ3v) is 3.37. The molecule has 2 rings (SSSR count). The van der Waals surface area contributed by atoms with Crippen molar-refractivity contribution in [3.05, 3.63) is 34.9 Å². The Kier molecular flexibility index (Phi) is 2.08. The molecule has 3 heteroatoms. The molecule has 3 N–H and O–H groups in total. The zero-order valence-corrected chi connectivity index (χ0v) is 8.95. The molecule has 0 saturated heterocycles. The molecule has 0 aliphatic heterocycles. The lowest BCUT2D eigenvalue weighted by Crippen LogP contribution is -2.47. The molecule has 1 aromatic carbocycles. The van der Waals surface area contributed by atoms with Crippen molar-refractivity contribution in [1.29, 1.82) is 0 Å². The van der Waals surface area contributed by atoms with E-state index in [4.69, 9.17) is 5.73 Å². The van der Waals surface area contributed by atoms with E-state index in [2.05, 4.69) is 0 Å². The summed E-state index contributed by atoms with van der Waals surface area (Å²) in [7, 11) is 0. The SMILES string of the molecule is Cc1ccc2c(c1)C(N)(C(=O)O)C(C)C2. The highest BCUT2D eigenvalue weighted by atomic mass is 16.4. The summed E-state index contributed by atoms with van der Waals surface area (Å²) < 4.78 is 0. The Hall–Kier alpha value is -1.35. The summed E-state index contributed by atoms with van der Waals surface area (Å²) >= 11 is 0. The molecule has 1 aliphatic carbocycles. The summed E-state index contributed by atoms with van der Waals surface area (Å²) in [6.45, 7) is 3.84. The van der Waals surface area contributed by atoms with E-state index in [0.29, 0.717) is 0 Å². The minimum absolute atomic E-state index is 0.0493. The van der Waals surface area contributed by atoms with Crippen LogP contribution in [0.15, 0.2) is 18.2 Å². The first-order chi connectivity index (χ1) is 6.96. The normalized spacial score (nSPS) is 28.9. The highest BCUT2D eigenvalue weighted by Crippen LogP contribution is 2.39. The zero-order valence-electron chi connectivity index (χ0n) is 8.95. The Morgan fingerprint density at radius 1 is 1.60 bits per heavy atom. The molecule has 2 atom stereocenters. The predicted molar refractivity (Wildman–Crippen MR) is 57.5 cm³/mol. The van der Waals surface area contributed by atoms with Gasteiger partial charge in [0.25, 0.3) is 0 Å². The van der Waals surface area contributed by atoms with Crippen molar-refractivity contribution < 1.29 is 9.90 Å². The van der Waals surface area contributed by atoms with Crippen LogP contribution >= 0.6 is 0 Å². The standard InChI is InChI=1S/C12H15NO2/c1-7-3-4-9-6-8(2)12(13,11(14)15)10(9)5-7/h3-5,8H,6,13H2,1-2H3,(H,14,15). The lowest BCUT2D eigenvalue weighted by Gasteiger charge is -2.25. The summed E-state index contributed by atoms with van der Waals surface area (Å²) in [6.07, 6.45) is 0.748. The summed E-state index contributed by atoms with van der Waals surface area (Å²) in [6, 6.07) is 5.88. The van der Waals surface area contributed by atoms with Gasteiger partial charge in [-0.3, -0.25) is 0 Å². The van der Waals surface area contributed by atoms with Gasteiger partial charge in [-0.25, -0.2) is 4.79 Å². The van der Waals surface area contributed by atoms with Gasteiger partial charge in [0.05, 0.1) is 0 Å². The van der Waals surface area contributed by atoms with Crippen molar-refractivity contribution >= 4 is 5.97 Å². The van der Waals surface area contributed by atoms with E-state index in [1.807, 2.05) is 32.0 Å². The van der Waals surface area contributed by atoms with Gasteiger partial charge in [-0.2, -0.15) is 0 Å². The summed E-state index contributed by atoms with van der Waals surface area (Å²) in [5.41, 5.74) is 7.72. The second-order valence-electron chi connectivity index (χ2n) is 4.44. The van der Waals surface area contributed by atoms with Crippen LogP contribution in [0.25, 0.3) is 0 Å². The van der Waals surface area contributed by atoms with Gasteiger partial charge in [0.2, 0.25) is 0 Å². The molecule has 0 saturated carbocycles. The average molecular weight is 205 g/mol. The fourth-order valence-corrected chi connectivity index (χ4v) is 2.34. The molecule has 0 bridgehead atoms. The largest absolute Gasteiger partial charge is 0.480 e. The first-order valence-electron chi connectivity index (χ1n) is 5.08. The number of rotatable bonds is 1. The molecule has 0 spiro atoms. The van der Waals surface area contributed by atoms with Crippen molar-refractivity contribution in [2.75, 3.05) is 0 Å². The van der Waals surface area contributed by atoms with Gasteiger partial charge in [-0.05, 0) is 30.4 Å². The predicted octanol–water partition coefficient (Wildman–Crippen LogP) is 1.43. The average Bonchev–Trinajstić information content (AvgIpc) is 2.42. The van der Waals surface area contributed by atoms with Gasteiger partial charge >= 0.3 is 5.97 Å². The zero-order chi connectivity index (χ0) is 11.2. The number of fused-ring (bicyclic) bond motifs is 1. The van der Waals surface area contributed by atoms with Gasteiger partial charge in [-0.1, -0.05) is 30.7 Å². The molecule has 0 radical (unpaired) electrons. The second kappa shape index (κ2) is 3.07. The number of carbonyl (C=O) groups is 1. The van der Waals surface area contributed by atoms with Gasteiger partial charge in [0.1, 0.15) is 5.54 Å². The molecule has 2 unspecified atom stereocenters. The molecular weight excluding hydrogens is 190 g/mol. The van der Waals surface area contributed by atoms with E-state index >= 15 is 0 Å². The first-order valence-corrected chi connectivity index (χ1v) is 5.08. The Labute approximate surface area is 88.9 Å². The summed E-state index contributed by atoms with van der Waals surface area (Å²) in [5, 5.41) is 9.26. The number of aliphatic carboxylic acids is 1. The molecule has 1 aromatic rings. The van der Waals surface area contributed by atoms with Crippen LogP contribution < -0.4 is 5.73 Å². The lowest BCUT2D eigenvalue weighted by molar-refractivity contribution is -0.145. The summed E-state index contributed by atoms with van der Waals surface area (Å²) in [5.74, 6) is -0.980. The number of carboxylic acid groups (broad SMARTS) is 1. The second-order valence-corrected chi connectivity index (χ2v) is 4.44. The molecule has 0 amide bonds. The highest BCUT2D eigenvalue weighted by molar-refractivity contribution is 5.83. The van der Waals surface area contributed by atoms with Crippen LogP contribution in [0.5, 0.6) is 0 Å². The number of hydrogen-bond acceptors (Lipinski definition) is 2. The topological polar surface area (TPSA) is 63.3 Å². The molecule has 0 fully saturated rings. The van der Waals surface area contributed by atoms with Crippen molar-refractivity contribution in [2.45, 2.75) is 25.8 Å². The number of aryl methyl sites for hydroxylation is 1. The Morgan fingerprint density at radius 3 is 2.87 bits per heavy atom. The Bertz CT molecular complexity index is 428. The molecule has 3 nitrogen and oxygen atoms in total. The van der Waals surface area contributed by atoms with E-state index in [-0.39, 0.29) is 5.92 Å². The number of benzene rings is 1. The maximum atomic E-state index is 11.3. The van der Waals surface area contributed by atoms with E-state index in [1.165, 1.54) is 0 Å². The van der Waals surface area contributed by atoms with Gasteiger partial charge in [-0.15, -0.1) is 0 Å². The molecule has 80 valence electrons. The highest BCUT2D eigenvalue weighted by Gasteiger charge is 2.47. The van der Waals surface area contributed by atoms with E-state index in [1.54, 1.807) is 0 Å². The van der Waals surface area contributed by atoms with E-state index in [0.717, 1.165) is 23.1 Å². The van der Waals surface area contributed by atoms with Crippen molar-refractivity contribution in [2.24, 2.45) is 11.7 Å². The lowest BCUT2D eigenvalue weighted by atomic mass is 9.85. The third kappa shape index (κ3) is 1.27. The molecule has 15 heavy (non-hydrogen) atoms. The maximum Gasteiger partial charge on any atom is 0.328 e. The number of carboxylic acids is 1.